The number of nitrogens with zero attached hydrogens (tertiary/aromatic N) is 1. The van der Waals surface area contributed by atoms with E-state index in [2.05, 4.69) is 15.6 Å². The van der Waals surface area contributed by atoms with Crippen LogP contribution < -0.4 is 10.6 Å². The minimum Gasteiger partial charge on any atom is -0.458 e. The van der Waals surface area contributed by atoms with E-state index in [1.165, 1.54) is 18.3 Å². The van der Waals surface area contributed by atoms with Crippen molar-refractivity contribution in [1.29, 1.82) is 0 Å². The average molecular weight is 385 g/mol. The van der Waals surface area contributed by atoms with E-state index in [1.807, 2.05) is 12.1 Å². The van der Waals surface area contributed by atoms with E-state index >= 15 is 0 Å². The molecule has 7 nitrogen and oxygen atoms in total. The second-order valence-corrected chi connectivity index (χ2v) is 6.66. The Bertz CT molecular complexity index is 931. The summed E-state index contributed by atoms with van der Waals surface area (Å²) in [5.74, 6) is 0.860. The zero-order valence-corrected chi connectivity index (χ0v) is 15.8. The molecule has 2 aromatic heterocycles. The van der Waals surface area contributed by atoms with Gasteiger partial charge in [0.15, 0.2) is 10.9 Å². The van der Waals surface area contributed by atoms with Crippen LogP contribution in [0.15, 0.2) is 46.2 Å². The smallest absolute Gasteiger partial charge is 0.257 e. The van der Waals surface area contributed by atoms with Crippen molar-refractivity contribution in [2.24, 2.45) is 0 Å². The first kappa shape index (κ1) is 18.8. The second-order valence-electron chi connectivity index (χ2n) is 5.80. The monoisotopic (exact) mass is 385 g/mol. The van der Waals surface area contributed by atoms with Gasteiger partial charge in [0.1, 0.15) is 11.5 Å². The topological polar surface area (TPSA) is 93.5 Å². The quantitative estimate of drug-likeness (QED) is 0.650. The van der Waals surface area contributed by atoms with Gasteiger partial charge in [0.2, 0.25) is 5.91 Å². The Morgan fingerprint density at radius 3 is 2.67 bits per heavy atom. The van der Waals surface area contributed by atoms with Crippen LogP contribution in [-0.2, 0) is 22.7 Å². The summed E-state index contributed by atoms with van der Waals surface area (Å²) in [7, 11) is 1.63. The molecule has 27 heavy (non-hydrogen) atoms. The van der Waals surface area contributed by atoms with Gasteiger partial charge in [-0.05, 0) is 29.8 Å². The molecule has 0 atom stereocenters. The van der Waals surface area contributed by atoms with Gasteiger partial charge in [-0.15, -0.1) is 11.3 Å². The number of nitrogens with one attached hydrogen (secondary N) is 2. The van der Waals surface area contributed by atoms with Crippen molar-refractivity contribution in [3.8, 4) is 11.5 Å². The van der Waals surface area contributed by atoms with E-state index in [0.717, 1.165) is 5.56 Å². The number of thiazole rings is 1. The molecule has 140 valence electrons. The van der Waals surface area contributed by atoms with Crippen LogP contribution in [0.3, 0.4) is 0 Å². The van der Waals surface area contributed by atoms with Gasteiger partial charge >= 0.3 is 0 Å². The Hall–Kier alpha value is -2.97. The summed E-state index contributed by atoms with van der Waals surface area (Å²) >= 11 is 1.31. The van der Waals surface area contributed by atoms with E-state index in [0.29, 0.717) is 41.1 Å². The maximum absolute atomic E-state index is 12.3. The van der Waals surface area contributed by atoms with E-state index in [1.54, 1.807) is 36.8 Å². The van der Waals surface area contributed by atoms with Gasteiger partial charge in [-0.25, -0.2) is 4.98 Å². The molecular formula is C19H19N3O4S. The fourth-order valence-electron chi connectivity index (χ4n) is 2.35. The van der Waals surface area contributed by atoms with E-state index in [-0.39, 0.29) is 11.8 Å². The van der Waals surface area contributed by atoms with Gasteiger partial charge in [0, 0.05) is 25.0 Å². The fourth-order valence-corrected chi connectivity index (χ4v) is 3.05. The number of furan rings is 1. The minimum atomic E-state index is -0.231. The van der Waals surface area contributed by atoms with Crippen LogP contribution in [0.5, 0.6) is 0 Å². The number of anilines is 1. The maximum atomic E-state index is 12.3. The summed E-state index contributed by atoms with van der Waals surface area (Å²) in [5.41, 5.74) is 2.17. The number of aromatic nitrogens is 1. The van der Waals surface area contributed by atoms with Gasteiger partial charge in [-0.1, -0.05) is 12.1 Å². The first-order valence-electron chi connectivity index (χ1n) is 8.23. The summed E-state index contributed by atoms with van der Waals surface area (Å²) < 4.78 is 10.7. The lowest BCUT2D eigenvalue weighted by Crippen LogP contribution is -2.18. The largest absolute Gasteiger partial charge is 0.458 e. The number of carbonyl (C=O) groups excluding carboxylic acids is 2. The molecule has 3 rings (SSSR count). The SMILES string of the molecule is COCc1ccc(C(=O)Nc2nc(-c3ccc(CNC(C)=O)o3)cs2)cc1. The van der Waals surface area contributed by atoms with Gasteiger partial charge in [0.25, 0.3) is 5.91 Å². The summed E-state index contributed by atoms with van der Waals surface area (Å²) in [6.45, 7) is 2.28. The molecule has 1 aromatic carbocycles. The molecule has 0 aliphatic carbocycles. The molecule has 2 amide bonds. The third kappa shape index (κ3) is 5.02. The molecule has 0 unspecified atom stereocenters. The normalized spacial score (nSPS) is 10.6. The van der Waals surface area contributed by atoms with Crippen LogP contribution in [0, 0.1) is 0 Å². The highest BCUT2D eigenvalue weighted by Gasteiger charge is 2.12. The number of hydrogen-bond donors (Lipinski definition) is 2. The van der Waals surface area contributed by atoms with Crippen LogP contribution in [0.1, 0.15) is 28.6 Å². The Morgan fingerprint density at radius 1 is 1.19 bits per heavy atom. The minimum absolute atomic E-state index is 0.123. The van der Waals surface area contributed by atoms with Crippen LogP contribution in [0.2, 0.25) is 0 Å². The highest BCUT2D eigenvalue weighted by atomic mass is 32.1. The van der Waals surface area contributed by atoms with E-state index in [4.69, 9.17) is 9.15 Å². The van der Waals surface area contributed by atoms with Gasteiger partial charge in [0.05, 0.1) is 13.2 Å². The predicted molar refractivity (Wildman–Crippen MR) is 102 cm³/mol. The Balaban J connectivity index is 1.63. The zero-order chi connectivity index (χ0) is 19.2. The predicted octanol–water partition coefficient (Wildman–Crippen LogP) is 3.44. The van der Waals surface area contributed by atoms with Crippen molar-refractivity contribution in [3.63, 3.8) is 0 Å². The highest BCUT2D eigenvalue weighted by molar-refractivity contribution is 7.14. The molecule has 0 saturated carbocycles. The molecule has 0 fully saturated rings. The van der Waals surface area contributed by atoms with Crippen molar-refractivity contribution in [2.45, 2.75) is 20.1 Å². The lowest BCUT2D eigenvalue weighted by molar-refractivity contribution is -0.119. The van der Waals surface area contributed by atoms with Crippen LogP contribution in [0.4, 0.5) is 5.13 Å². The number of hydrogen-bond acceptors (Lipinski definition) is 6. The standard InChI is InChI=1S/C19H19N3O4S/c1-12(23)20-9-15-7-8-17(26-15)16-11-27-19(21-16)22-18(24)14-5-3-13(4-6-14)10-25-2/h3-8,11H,9-10H2,1-2H3,(H,20,23)(H,21,22,24). The molecule has 0 aliphatic rings. The average Bonchev–Trinajstić information content (AvgIpc) is 3.30. The number of amides is 2. The Labute approximate surface area is 160 Å². The van der Waals surface area contributed by atoms with Gasteiger partial charge < -0.3 is 14.5 Å². The van der Waals surface area contributed by atoms with E-state index < -0.39 is 0 Å². The lowest BCUT2D eigenvalue weighted by Gasteiger charge is -2.03. The summed E-state index contributed by atoms with van der Waals surface area (Å²) in [6.07, 6.45) is 0. The molecule has 0 spiro atoms. The van der Waals surface area contributed by atoms with Gasteiger partial charge in [-0.3, -0.25) is 14.9 Å². The molecule has 0 saturated heterocycles. The Morgan fingerprint density at radius 2 is 1.96 bits per heavy atom. The van der Waals surface area contributed by atoms with Crippen LogP contribution in [-0.4, -0.2) is 23.9 Å². The first-order valence-corrected chi connectivity index (χ1v) is 9.11. The van der Waals surface area contributed by atoms with Crippen molar-refractivity contribution < 1.29 is 18.7 Å². The molecule has 2 N–H and O–H groups in total. The first-order chi connectivity index (χ1) is 13.0. The molecule has 0 bridgehead atoms. The second kappa shape index (κ2) is 8.61. The number of carbonyl (C=O) groups is 2. The van der Waals surface area contributed by atoms with Crippen molar-refractivity contribution in [2.75, 3.05) is 12.4 Å². The van der Waals surface area contributed by atoms with Gasteiger partial charge in [-0.2, -0.15) is 0 Å². The third-order valence-electron chi connectivity index (χ3n) is 3.68. The molecule has 3 aromatic rings. The lowest BCUT2D eigenvalue weighted by atomic mass is 10.1. The summed E-state index contributed by atoms with van der Waals surface area (Å²) in [6, 6.07) is 10.8. The molecule has 8 heteroatoms. The highest BCUT2D eigenvalue weighted by Crippen LogP contribution is 2.27. The maximum Gasteiger partial charge on any atom is 0.257 e. The zero-order valence-electron chi connectivity index (χ0n) is 14.9. The number of ether oxygens (including phenoxy) is 1. The third-order valence-corrected chi connectivity index (χ3v) is 4.44. The van der Waals surface area contributed by atoms with Crippen LogP contribution in [0.25, 0.3) is 11.5 Å². The number of methoxy groups -OCH3 is 1. The molecule has 0 radical (unpaired) electrons. The molecule has 2 heterocycles. The van der Waals surface area contributed by atoms with Crippen LogP contribution >= 0.6 is 11.3 Å². The summed E-state index contributed by atoms with van der Waals surface area (Å²) in [4.78, 5) is 27.7. The van der Waals surface area contributed by atoms with Crippen molar-refractivity contribution in [3.05, 3.63) is 58.7 Å². The van der Waals surface area contributed by atoms with Crippen molar-refractivity contribution >= 4 is 28.3 Å². The molecular weight excluding hydrogens is 366 g/mol. The Kier molecular flexibility index (Phi) is 6.00. The van der Waals surface area contributed by atoms with Crippen molar-refractivity contribution in [1.82, 2.24) is 10.3 Å². The number of benzene rings is 1. The van der Waals surface area contributed by atoms with E-state index in [9.17, 15) is 9.59 Å². The molecule has 0 aliphatic heterocycles. The fraction of sp³-hybridized carbons (Fsp3) is 0.211. The number of rotatable bonds is 7. The summed E-state index contributed by atoms with van der Waals surface area (Å²) in [5, 5.41) is 7.74.